The summed E-state index contributed by atoms with van der Waals surface area (Å²) in [5, 5.41) is 15.9. The molecule has 128 valence electrons. The maximum absolute atomic E-state index is 12.6. The highest BCUT2D eigenvalue weighted by Crippen LogP contribution is 2.49. The standard InChI is InChI=1S/C17H14ClN3O4/c18-12-6-1-9(7-13(12)21(24)25)8-19-20-16(22)14-10-2-3-11(5-4-10)15(14)17(20)23/h1-3,6-8,10-11,14-15H,4-5H2/b19-8-/t10-,11-,14-,15-/m0/s1. The van der Waals surface area contributed by atoms with Crippen LogP contribution in [0.2, 0.25) is 5.02 Å². The van der Waals surface area contributed by atoms with Crippen LogP contribution >= 0.6 is 11.6 Å². The molecule has 5 rings (SSSR count). The van der Waals surface area contributed by atoms with E-state index >= 15 is 0 Å². The Morgan fingerprint density at radius 1 is 1.16 bits per heavy atom. The summed E-state index contributed by atoms with van der Waals surface area (Å²) in [5.74, 6) is -1.02. The van der Waals surface area contributed by atoms with Crippen molar-refractivity contribution in [1.82, 2.24) is 5.01 Å². The highest BCUT2D eigenvalue weighted by Gasteiger charge is 2.56. The number of allylic oxidation sites excluding steroid dienone is 2. The van der Waals surface area contributed by atoms with Gasteiger partial charge in [-0.1, -0.05) is 29.8 Å². The van der Waals surface area contributed by atoms with Gasteiger partial charge in [-0.25, -0.2) is 0 Å². The van der Waals surface area contributed by atoms with E-state index < -0.39 is 4.92 Å². The molecule has 4 atom stereocenters. The van der Waals surface area contributed by atoms with Crippen LogP contribution in [0.25, 0.3) is 0 Å². The Kier molecular flexibility index (Phi) is 3.68. The minimum Gasteiger partial charge on any atom is -0.272 e. The van der Waals surface area contributed by atoms with E-state index in [-0.39, 0.29) is 46.2 Å². The number of carbonyl (C=O) groups excluding carboxylic acids is 2. The predicted octanol–water partition coefficient (Wildman–Crippen LogP) is 2.78. The molecule has 0 spiro atoms. The number of nitro groups is 1. The van der Waals surface area contributed by atoms with Gasteiger partial charge in [-0.2, -0.15) is 10.1 Å². The summed E-state index contributed by atoms with van der Waals surface area (Å²) < 4.78 is 0. The number of imide groups is 1. The summed E-state index contributed by atoms with van der Waals surface area (Å²) in [4.78, 5) is 35.6. The van der Waals surface area contributed by atoms with Crippen LogP contribution in [0.5, 0.6) is 0 Å². The van der Waals surface area contributed by atoms with Crippen LogP contribution < -0.4 is 0 Å². The van der Waals surface area contributed by atoms with Crippen molar-refractivity contribution in [3.63, 3.8) is 0 Å². The van der Waals surface area contributed by atoms with Crippen molar-refractivity contribution in [3.8, 4) is 0 Å². The van der Waals surface area contributed by atoms with E-state index in [1.165, 1.54) is 18.3 Å². The Morgan fingerprint density at radius 3 is 2.28 bits per heavy atom. The minimum atomic E-state index is -0.593. The van der Waals surface area contributed by atoms with Crippen molar-refractivity contribution in [2.75, 3.05) is 0 Å². The van der Waals surface area contributed by atoms with Crippen LogP contribution in [0.4, 0.5) is 5.69 Å². The summed E-state index contributed by atoms with van der Waals surface area (Å²) in [7, 11) is 0. The lowest BCUT2D eigenvalue weighted by molar-refractivity contribution is -0.384. The Labute approximate surface area is 148 Å². The molecule has 1 saturated carbocycles. The third-order valence-corrected chi connectivity index (χ3v) is 5.54. The second-order valence-corrected chi connectivity index (χ2v) is 6.95. The molecule has 0 unspecified atom stereocenters. The first kappa shape index (κ1) is 16.0. The fourth-order valence-electron chi connectivity index (χ4n) is 4.05. The second kappa shape index (κ2) is 5.77. The number of hydrogen-bond acceptors (Lipinski definition) is 5. The van der Waals surface area contributed by atoms with E-state index in [9.17, 15) is 19.7 Å². The third-order valence-electron chi connectivity index (χ3n) is 5.23. The molecule has 2 fully saturated rings. The van der Waals surface area contributed by atoms with Crippen molar-refractivity contribution < 1.29 is 14.5 Å². The van der Waals surface area contributed by atoms with E-state index in [1.807, 2.05) is 12.2 Å². The van der Waals surface area contributed by atoms with Gasteiger partial charge in [0, 0.05) is 11.6 Å². The average molecular weight is 360 g/mol. The molecule has 8 heteroatoms. The van der Waals surface area contributed by atoms with Crippen LogP contribution in [0.15, 0.2) is 35.5 Å². The SMILES string of the molecule is O=C1[C@@H]2[C@@H](C(=O)N1/N=C\c1ccc(Cl)c([N+](=O)[O-])c1)[C@H]1C=C[C@H]2CC1. The number of benzene rings is 1. The Balaban J connectivity index is 1.60. The molecule has 7 nitrogen and oxygen atoms in total. The predicted molar refractivity (Wildman–Crippen MR) is 89.9 cm³/mol. The topological polar surface area (TPSA) is 92.9 Å². The first-order valence-electron chi connectivity index (χ1n) is 8.01. The lowest BCUT2D eigenvalue weighted by Crippen LogP contribution is -2.38. The number of nitro benzene ring substituents is 1. The highest BCUT2D eigenvalue weighted by molar-refractivity contribution is 6.32. The number of halogens is 1. The van der Waals surface area contributed by atoms with E-state index in [0.29, 0.717) is 5.56 Å². The number of nitrogens with zero attached hydrogens (tertiary/aromatic N) is 3. The van der Waals surface area contributed by atoms with Gasteiger partial charge in [0.25, 0.3) is 17.5 Å². The highest BCUT2D eigenvalue weighted by atomic mass is 35.5. The van der Waals surface area contributed by atoms with Crippen molar-refractivity contribution in [2.45, 2.75) is 12.8 Å². The molecule has 1 heterocycles. The molecule has 0 radical (unpaired) electrons. The molecule has 25 heavy (non-hydrogen) atoms. The lowest BCUT2D eigenvalue weighted by atomic mass is 9.63. The number of amides is 2. The van der Waals surface area contributed by atoms with Crippen LogP contribution in [0.1, 0.15) is 18.4 Å². The molecule has 4 aliphatic rings. The summed E-state index contributed by atoms with van der Waals surface area (Å²) in [5.41, 5.74) is 0.147. The van der Waals surface area contributed by atoms with Gasteiger partial charge in [0.05, 0.1) is 23.0 Å². The molecule has 1 aromatic rings. The molecule has 0 aromatic heterocycles. The van der Waals surface area contributed by atoms with Gasteiger partial charge in [0.15, 0.2) is 0 Å². The molecule has 2 amide bonds. The normalized spacial score (nSPS) is 30.4. The quantitative estimate of drug-likeness (QED) is 0.273. The van der Waals surface area contributed by atoms with Crippen LogP contribution in [-0.4, -0.2) is 28.0 Å². The number of fused-ring (bicyclic) bond motifs is 1. The summed E-state index contributed by atoms with van der Waals surface area (Å²) in [6.07, 6.45) is 7.20. The molecular formula is C17H14ClN3O4. The zero-order valence-corrected chi connectivity index (χ0v) is 13.8. The van der Waals surface area contributed by atoms with E-state index in [1.54, 1.807) is 6.07 Å². The molecule has 1 aromatic carbocycles. The summed E-state index contributed by atoms with van der Waals surface area (Å²) >= 11 is 5.77. The maximum Gasteiger partial charge on any atom is 0.288 e. The Morgan fingerprint density at radius 2 is 1.76 bits per heavy atom. The third kappa shape index (κ3) is 2.46. The van der Waals surface area contributed by atoms with Gasteiger partial charge < -0.3 is 0 Å². The van der Waals surface area contributed by atoms with Gasteiger partial charge in [0.1, 0.15) is 5.02 Å². The van der Waals surface area contributed by atoms with Crippen LogP contribution in [-0.2, 0) is 9.59 Å². The molecule has 1 saturated heterocycles. The molecule has 2 bridgehead atoms. The van der Waals surface area contributed by atoms with Crippen LogP contribution in [0.3, 0.4) is 0 Å². The molecule has 3 aliphatic carbocycles. The Hall–Kier alpha value is -2.54. The van der Waals surface area contributed by atoms with Crippen molar-refractivity contribution in [3.05, 3.63) is 51.1 Å². The van der Waals surface area contributed by atoms with E-state index in [4.69, 9.17) is 11.6 Å². The van der Waals surface area contributed by atoms with Gasteiger partial charge in [-0.05, 0) is 30.7 Å². The van der Waals surface area contributed by atoms with E-state index in [0.717, 1.165) is 17.9 Å². The minimum absolute atomic E-state index is 0.0177. The second-order valence-electron chi connectivity index (χ2n) is 6.54. The van der Waals surface area contributed by atoms with Crippen LogP contribution in [0, 0.1) is 33.8 Å². The zero-order valence-electron chi connectivity index (χ0n) is 13.0. The molecule has 1 aliphatic heterocycles. The Bertz CT molecular complexity index is 818. The molecule has 0 N–H and O–H groups in total. The van der Waals surface area contributed by atoms with Gasteiger partial charge in [-0.3, -0.25) is 19.7 Å². The monoisotopic (exact) mass is 359 g/mol. The smallest absolute Gasteiger partial charge is 0.272 e. The summed E-state index contributed by atoms with van der Waals surface area (Å²) in [6.45, 7) is 0. The average Bonchev–Trinajstić information content (AvgIpc) is 2.88. The van der Waals surface area contributed by atoms with Crippen molar-refractivity contribution >= 4 is 35.3 Å². The number of hydrogen-bond donors (Lipinski definition) is 0. The largest absolute Gasteiger partial charge is 0.288 e. The first-order chi connectivity index (χ1) is 12.0. The van der Waals surface area contributed by atoms with Gasteiger partial charge >= 0.3 is 0 Å². The summed E-state index contributed by atoms with van der Waals surface area (Å²) in [6, 6.07) is 4.19. The number of hydrazone groups is 1. The van der Waals surface area contributed by atoms with Crippen molar-refractivity contribution in [2.24, 2.45) is 28.8 Å². The number of rotatable bonds is 3. The van der Waals surface area contributed by atoms with Gasteiger partial charge in [-0.15, -0.1) is 0 Å². The fourth-order valence-corrected chi connectivity index (χ4v) is 4.23. The van der Waals surface area contributed by atoms with Gasteiger partial charge in [0.2, 0.25) is 0 Å². The maximum atomic E-state index is 12.6. The lowest BCUT2D eigenvalue weighted by Gasteiger charge is -2.37. The number of carbonyl (C=O) groups is 2. The first-order valence-corrected chi connectivity index (χ1v) is 8.39. The van der Waals surface area contributed by atoms with E-state index in [2.05, 4.69) is 5.10 Å². The van der Waals surface area contributed by atoms with Crippen molar-refractivity contribution in [1.29, 1.82) is 0 Å². The molecular weight excluding hydrogens is 346 g/mol. The zero-order chi connectivity index (χ0) is 17.7. The fraction of sp³-hybridized carbons (Fsp3) is 0.353.